The average Bonchev–Trinajstić information content (AvgIpc) is 3.23. The molecule has 1 aromatic carbocycles. The first-order chi connectivity index (χ1) is 13.5. The van der Waals surface area contributed by atoms with Crippen molar-refractivity contribution in [1.29, 1.82) is 0 Å². The van der Waals surface area contributed by atoms with Crippen molar-refractivity contribution in [2.45, 2.75) is 39.9 Å². The molecule has 0 saturated heterocycles. The van der Waals surface area contributed by atoms with Crippen molar-refractivity contribution in [1.82, 2.24) is 19.2 Å². The predicted molar refractivity (Wildman–Crippen MR) is 113 cm³/mol. The lowest BCUT2D eigenvalue weighted by Gasteiger charge is -2.26. The van der Waals surface area contributed by atoms with E-state index in [4.69, 9.17) is 17.0 Å². The van der Waals surface area contributed by atoms with Crippen LogP contribution in [0.3, 0.4) is 0 Å². The molecule has 0 unspecified atom stereocenters. The molecule has 1 atom stereocenters. The van der Waals surface area contributed by atoms with Gasteiger partial charge in [0, 0.05) is 11.3 Å². The maximum absolute atomic E-state index is 13.7. The summed E-state index contributed by atoms with van der Waals surface area (Å²) in [6.45, 7) is 6.86. The molecule has 0 radical (unpaired) electrons. The fourth-order valence-corrected chi connectivity index (χ4v) is 5.35. The van der Waals surface area contributed by atoms with Crippen molar-refractivity contribution < 1.29 is 4.74 Å². The van der Waals surface area contributed by atoms with Gasteiger partial charge in [-0.15, -0.1) is 16.4 Å². The SMILES string of the molecule is Cc1ccc(-n2c(=O)c3c4c(sc3n3c(=S)[nH]nc23)CO[C@H](C(C)C)C4)cc1. The van der Waals surface area contributed by atoms with Crippen LogP contribution in [0.4, 0.5) is 0 Å². The third kappa shape index (κ3) is 2.52. The molecule has 0 aliphatic carbocycles. The highest BCUT2D eigenvalue weighted by Gasteiger charge is 2.29. The van der Waals surface area contributed by atoms with Crippen molar-refractivity contribution in [3.8, 4) is 5.69 Å². The maximum atomic E-state index is 13.7. The van der Waals surface area contributed by atoms with Crippen LogP contribution in [0.15, 0.2) is 29.1 Å². The molecule has 0 amide bonds. The summed E-state index contributed by atoms with van der Waals surface area (Å²) in [6, 6.07) is 7.88. The number of ether oxygens (including phenoxy) is 1. The van der Waals surface area contributed by atoms with Gasteiger partial charge in [0.05, 0.1) is 23.8 Å². The van der Waals surface area contributed by atoms with Crippen LogP contribution >= 0.6 is 23.6 Å². The Morgan fingerprint density at radius 3 is 2.79 bits per heavy atom. The molecule has 8 heteroatoms. The van der Waals surface area contributed by atoms with Gasteiger partial charge in [-0.1, -0.05) is 31.5 Å². The smallest absolute Gasteiger partial charge is 0.268 e. The van der Waals surface area contributed by atoms with E-state index in [1.54, 1.807) is 15.9 Å². The summed E-state index contributed by atoms with van der Waals surface area (Å²) in [4.78, 5) is 15.6. The minimum atomic E-state index is -0.0535. The van der Waals surface area contributed by atoms with E-state index in [0.717, 1.165) is 38.3 Å². The Hall–Kier alpha value is -2.29. The van der Waals surface area contributed by atoms with Gasteiger partial charge < -0.3 is 4.74 Å². The summed E-state index contributed by atoms with van der Waals surface area (Å²) in [5.74, 6) is 0.897. The lowest BCUT2D eigenvalue weighted by atomic mass is 9.96. The van der Waals surface area contributed by atoms with Gasteiger partial charge in [0.1, 0.15) is 4.83 Å². The monoisotopic (exact) mass is 412 g/mol. The first kappa shape index (κ1) is 17.8. The van der Waals surface area contributed by atoms with Crippen molar-refractivity contribution in [2.75, 3.05) is 0 Å². The van der Waals surface area contributed by atoms with Crippen LogP contribution in [0, 0.1) is 17.6 Å². The molecule has 6 nitrogen and oxygen atoms in total. The van der Waals surface area contributed by atoms with E-state index in [2.05, 4.69) is 24.0 Å². The quantitative estimate of drug-likeness (QED) is 0.502. The molecule has 4 aromatic rings. The molecule has 0 bridgehead atoms. The van der Waals surface area contributed by atoms with Gasteiger partial charge in [-0.05, 0) is 42.8 Å². The summed E-state index contributed by atoms with van der Waals surface area (Å²) in [5, 5.41) is 7.95. The number of fused-ring (bicyclic) bond motifs is 5. The van der Waals surface area contributed by atoms with E-state index in [1.807, 2.05) is 35.6 Å². The summed E-state index contributed by atoms with van der Waals surface area (Å²) >= 11 is 7.08. The van der Waals surface area contributed by atoms with Gasteiger partial charge >= 0.3 is 0 Å². The Balaban J connectivity index is 1.89. The lowest BCUT2D eigenvalue weighted by molar-refractivity contribution is 0.00200. The molecule has 4 heterocycles. The van der Waals surface area contributed by atoms with Crippen molar-refractivity contribution in [2.24, 2.45) is 5.92 Å². The molecular weight excluding hydrogens is 392 g/mol. The van der Waals surface area contributed by atoms with Crippen LogP contribution in [0.25, 0.3) is 21.7 Å². The van der Waals surface area contributed by atoms with Crippen LogP contribution in [0.1, 0.15) is 29.9 Å². The fourth-order valence-electron chi connectivity index (χ4n) is 3.83. The largest absolute Gasteiger partial charge is 0.372 e. The minimum absolute atomic E-state index is 0.0535. The standard InChI is InChI=1S/C20H20N4O2S2/c1-10(2)14-8-13-15(9-26-14)28-18-16(13)17(25)23(12-6-4-11(3)5-7-12)19-21-22-20(27)24(18)19/h4-7,10,14H,8-9H2,1-3H3,(H,22,27)/t14-/m0/s1. The normalized spacial score (nSPS) is 16.9. The van der Waals surface area contributed by atoms with E-state index >= 15 is 0 Å². The Bertz CT molecular complexity index is 1320. The van der Waals surface area contributed by atoms with Gasteiger partial charge in [0.25, 0.3) is 5.56 Å². The zero-order chi connectivity index (χ0) is 19.6. The van der Waals surface area contributed by atoms with E-state index in [9.17, 15) is 4.79 Å². The Morgan fingerprint density at radius 2 is 2.07 bits per heavy atom. The van der Waals surface area contributed by atoms with Gasteiger partial charge in [0.15, 0.2) is 0 Å². The number of aryl methyl sites for hydroxylation is 1. The number of hydrogen-bond acceptors (Lipinski definition) is 5. The van der Waals surface area contributed by atoms with Crippen LogP contribution in [0.5, 0.6) is 0 Å². The number of thiophene rings is 1. The number of H-pyrrole nitrogens is 1. The van der Waals surface area contributed by atoms with Crippen LogP contribution in [-0.4, -0.2) is 25.3 Å². The molecule has 144 valence electrons. The average molecular weight is 413 g/mol. The molecule has 0 saturated carbocycles. The van der Waals surface area contributed by atoms with Gasteiger partial charge in [-0.3, -0.25) is 4.79 Å². The first-order valence-corrected chi connectivity index (χ1v) is 10.5. The lowest BCUT2D eigenvalue weighted by Crippen LogP contribution is -2.28. The topological polar surface area (TPSA) is 64.3 Å². The minimum Gasteiger partial charge on any atom is -0.372 e. The van der Waals surface area contributed by atoms with E-state index in [0.29, 0.717) is 23.1 Å². The number of rotatable bonds is 2. The molecule has 3 aromatic heterocycles. The summed E-state index contributed by atoms with van der Waals surface area (Å²) < 4.78 is 10.0. The predicted octanol–water partition coefficient (Wildman–Crippen LogP) is 4.16. The second-order valence-electron chi connectivity index (χ2n) is 7.62. The molecule has 0 fully saturated rings. The van der Waals surface area contributed by atoms with Gasteiger partial charge in [-0.25, -0.2) is 14.1 Å². The third-order valence-corrected chi connectivity index (χ3v) is 6.88. The van der Waals surface area contributed by atoms with Crippen LogP contribution in [0.2, 0.25) is 0 Å². The Morgan fingerprint density at radius 1 is 1.32 bits per heavy atom. The molecule has 5 rings (SSSR count). The number of nitrogens with one attached hydrogen (secondary N) is 1. The van der Waals surface area contributed by atoms with E-state index < -0.39 is 0 Å². The molecule has 28 heavy (non-hydrogen) atoms. The van der Waals surface area contributed by atoms with Crippen molar-refractivity contribution in [3.63, 3.8) is 0 Å². The molecular formula is C20H20N4O2S2. The van der Waals surface area contributed by atoms with Crippen molar-refractivity contribution in [3.05, 3.63) is 55.4 Å². The molecule has 0 spiro atoms. The number of nitrogens with zero attached hydrogens (tertiary/aromatic N) is 3. The van der Waals surface area contributed by atoms with Gasteiger partial charge in [-0.2, -0.15) is 0 Å². The number of aromatic amines is 1. The Kier molecular flexibility index (Phi) is 4.04. The maximum Gasteiger partial charge on any atom is 0.268 e. The summed E-state index contributed by atoms with van der Waals surface area (Å²) in [5.41, 5.74) is 2.96. The van der Waals surface area contributed by atoms with Crippen LogP contribution < -0.4 is 5.56 Å². The van der Waals surface area contributed by atoms with Crippen molar-refractivity contribution >= 4 is 39.5 Å². The highest BCUT2D eigenvalue weighted by molar-refractivity contribution is 7.71. The number of benzene rings is 1. The highest BCUT2D eigenvalue weighted by atomic mass is 32.1. The van der Waals surface area contributed by atoms with Crippen LogP contribution in [-0.2, 0) is 17.8 Å². The Labute approximate surface area is 170 Å². The van der Waals surface area contributed by atoms with Gasteiger partial charge in [0.2, 0.25) is 10.5 Å². The van der Waals surface area contributed by atoms with E-state index in [-0.39, 0.29) is 11.7 Å². The second kappa shape index (κ2) is 6.37. The number of hydrogen-bond donors (Lipinski definition) is 1. The summed E-state index contributed by atoms with van der Waals surface area (Å²) in [6.07, 6.45) is 0.859. The zero-order valence-electron chi connectivity index (χ0n) is 15.9. The zero-order valence-corrected chi connectivity index (χ0v) is 17.5. The first-order valence-electron chi connectivity index (χ1n) is 9.30. The highest BCUT2D eigenvalue weighted by Crippen LogP contribution is 2.36. The molecule has 1 N–H and O–H groups in total. The summed E-state index contributed by atoms with van der Waals surface area (Å²) in [7, 11) is 0. The number of aromatic nitrogens is 4. The van der Waals surface area contributed by atoms with E-state index in [1.165, 1.54) is 0 Å². The third-order valence-electron chi connectivity index (χ3n) is 5.42. The second-order valence-corrected chi connectivity index (χ2v) is 9.09. The molecule has 1 aliphatic heterocycles. The fraction of sp³-hybridized carbons (Fsp3) is 0.350. The molecule has 1 aliphatic rings.